The minimum Gasteiger partial charge on any atom is -0.433 e. The number of rotatable bonds is 6. The van der Waals surface area contributed by atoms with Crippen molar-refractivity contribution in [1.29, 1.82) is 0 Å². The Hall–Kier alpha value is -1.25. The second-order valence-corrected chi connectivity index (χ2v) is 6.62. The van der Waals surface area contributed by atoms with Crippen molar-refractivity contribution in [3.8, 4) is 5.75 Å². The summed E-state index contributed by atoms with van der Waals surface area (Å²) < 4.78 is 55.8. The Morgan fingerprint density at radius 3 is 2.81 bits per heavy atom. The molecule has 5 nitrogen and oxygen atoms in total. The highest BCUT2D eigenvalue weighted by atomic mass is 32.2. The van der Waals surface area contributed by atoms with E-state index in [9.17, 15) is 17.2 Å². The molecule has 1 aliphatic heterocycles. The van der Waals surface area contributed by atoms with E-state index in [4.69, 9.17) is 0 Å². The second-order valence-electron chi connectivity index (χ2n) is 4.89. The molecule has 0 aliphatic carbocycles. The molecule has 0 amide bonds. The van der Waals surface area contributed by atoms with Crippen LogP contribution >= 0.6 is 0 Å². The molecule has 118 valence electrons. The highest BCUT2D eigenvalue weighted by molar-refractivity contribution is 7.89. The van der Waals surface area contributed by atoms with Crippen LogP contribution in [0.25, 0.3) is 0 Å². The number of nitrogens with one attached hydrogen (secondary N) is 2. The maximum Gasteiger partial charge on any atom is 0.387 e. The van der Waals surface area contributed by atoms with Crippen molar-refractivity contribution in [3.05, 3.63) is 24.3 Å². The van der Waals surface area contributed by atoms with Gasteiger partial charge in [0, 0.05) is 6.54 Å². The smallest absolute Gasteiger partial charge is 0.387 e. The lowest BCUT2D eigenvalue weighted by Gasteiger charge is -2.23. The van der Waals surface area contributed by atoms with Crippen LogP contribution in [0.15, 0.2) is 29.2 Å². The molecule has 1 aromatic rings. The van der Waals surface area contributed by atoms with Gasteiger partial charge in [0.05, 0.1) is 0 Å². The highest BCUT2D eigenvalue weighted by Crippen LogP contribution is 2.25. The van der Waals surface area contributed by atoms with Gasteiger partial charge in [-0.15, -0.1) is 0 Å². The summed E-state index contributed by atoms with van der Waals surface area (Å²) in [7, 11) is -3.87. The number of sulfonamides is 1. The van der Waals surface area contributed by atoms with Crippen LogP contribution in [0, 0.1) is 5.92 Å². The molecule has 21 heavy (non-hydrogen) atoms. The van der Waals surface area contributed by atoms with Crippen LogP contribution in [0.5, 0.6) is 5.75 Å². The van der Waals surface area contributed by atoms with Gasteiger partial charge >= 0.3 is 6.61 Å². The summed E-state index contributed by atoms with van der Waals surface area (Å²) in [4.78, 5) is -0.269. The lowest BCUT2D eigenvalue weighted by Crippen LogP contribution is -2.38. The molecule has 1 aliphatic rings. The lowest BCUT2D eigenvalue weighted by atomic mass is 10.0. The number of benzene rings is 1. The van der Waals surface area contributed by atoms with Gasteiger partial charge in [-0.3, -0.25) is 0 Å². The number of piperidine rings is 1. The van der Waals surface area contributed by atoms with Crippen LogP contribution in [-0.2, 0) is 10.0 Å². The van der Waals surface area contributed by atoms with Gasteiger partial charge in [-0.25, -0.2) is 13.1 Å². The standard InChI is InChI=1S/C13H18F2N2O3S/c14-13(15)20-11-5-1-2-6-12(11)21(18,19)17-9-10-4-3-7-16-8-10/h1-2,5-6,10,13,16-17H,3-4,7-9H2. The number of para-hydroxylation sites is 1. The molecule has 0 saturated carbocycles. The minimum absolute atomic E-state index is 0.205. The molecular weight excluding hydrogens is 302 g/mol. The van der Waals surface area contributed by atoms with Crippen molar-refractivity contribution in [2.45, 2.75) is 24.3 Å². The van der Waals surface area contributed by atoms with Gasteiger partial charge in [0.1, 0.15) is 10.6 Å². The lowest BCUT2D eigenvalue weighted by molar-refractivity contribution is -0.0517. The zero-order chi connectivity index (χ0) is 15.3. The van der Waals surface area contributed by atoms with Crippen molar-refractivity contribution >= 4 is 10.0 Å². The van der Waals surface area contributed by atoms with Crippen molar-refractivity contribution in [2.75, 3.05) is 19.6 Å². The molecule has 1 unspecified atom stereocenters. The monoisotopic (exact) mass is 320 g/mol. The topological polar surface area (TPSA) is 67.4 Å². The number of halogens is 2. The fraction of sp³-hybridized carbons (Fsp3) is 0.538. The van der Waals surface area contributed by atoms with E-state index in [1.165, 1.54) is 24.3 Å². The SMILES string of the molecule is O=S(=O)(NCC1CCCNC1)c1ccccc1OC(F)F. The molecule has 1 fully saturated rings. The first-order valence-corrected chi connectivity index (χ1v) is 8.21. The Kier molecular flexibility index (Phi) is 5.49. The third kappa shape index (κ3) is 4.62. The van der Waals surface area contributed by atoms with E-state index < -0.39 is 16.6 Å². The Labute approximate surface area is 122 Å². The molecule has 8 heteroatoms. The van der Waals surface area contributed by atoms with Crippen LogP contribution in [0.4, 0.5) is 8.78 Å². The summed E-state index contributed by atoms with van der Waals surface area (Å²) >= 11 is 0. The molecule has 2 rings (SSSR count). The summed E-state index contributed by atoms with van der Waals surface area (Å²) in [6, 6.07) is 5.37. The largest absolute Gasteiger partial charge is 0.433 e. The Morgan fingerprint density at radius 1 is 1.38 bits per heavy atom. The molecule has 1 atom stereocenters. The molecular formula is C13H18F2N2O3S. The van der Waals surface area contributed by atoms with Gasteiger partial charge in [0.15, 0.2) is 0 Å². The Morgan fingerprint density at radius 2 is 2.14 bits per heavy atom. The van der Waals surface area contributed by atoms with E-state index in [-0.39, 0.29) is 23.1 Å². The van der Waals surface area contributed by atoms with E-state index >= 15 is 0 Å². The van der Waals surface area contributed by atoms with Gasteiger partial charge in [-0.05, 0) is 44.0 Å². The van der Waals surface area contributed by atoms with Crippen molar-refractivity contribution in [1.82, 2.24) is 10.0 Å². The Balaban J connectivity index is 2.08. The average Bonchev–Trinajstić information content (AvgIpc) is 2.46. The van der Waals surface area contributed by atoms with E-state index in [0.717, 1.165) is 25.9 Å². The van der Waals surface area contributed by atoms with Crippen LogP contribution in [-0.4, -0.2) is 34.7 Å². The van der Waals surface area contributed by atoms with E-state index in [1.807, 2.05) is 0 Å². The first kappa shape index (κ1) is 16.1. The second kappa shape index (κ2) is 7.15. The third-order valence-corrected chi connectivity index (χ3v) is 4.78. The first-order valence-electron chi connectivity index (χ1n) is 6.73. The maximum atomic E-state index is 12.3. The molecule has 0 spiro atoms. The number of alkyl halides is 2. The molecule has 1 aromatic carbocycles. The zero-order valence-corrected chi connectivity index (χ0v) is 12.2. The van der Waals surface area contributed by atoms with Gasteiger partial charge < -0.3 is 10.1 Å². The normalized spacial score (nSPS) is 19.7. The van der Waals surface area contributed by atoms with E-state index in [0.29, 0.717) is 0 Å². The minimum atomic E-state index is -3.87. The summed E-state index contributed by atoms with van der Waals surface area (Å²) in [5.41, 5.74) is 0. The molecule has 2 N–H and O–H groups in total. The highest BCUT2D eigenvalue weighted by Gasteiger charge is 2.23. The van der Waals surface area contributed by atoms with Gasteiger partial charge in [-0.2, -0.15) is 8.78 Å². The summed E-state index contributed by atoms with van der Waals surface area (Å²) in [6.07, 6.45) is 1.93. The first-order chi connectivity index (χ1) is 9.99. The number of hydrogen-bond acceptors (Lipinski definition) is 4. The van der Waals surface area contributed by atoms with Crippen LogP contribution in [0.3, 0.4) is 0 Å². The Bertz CT molecular complexity index is 560. The quantitative estimate of drug-likeness (QED) is 0.835. The molecule has 0 aromatic heterocycles. The summed E-state index contributed by atoms with van der Waals surface area (Å²) in [6.45, 7) is -1.10. The fourth-order valence-corrected chi connectivity index (χ4v) is 3.52. The fourth-order valence-electron chi connectivity index (χ4n) is 2.27. The number of hydrogen-bond donors (Lipinski definition) is 2. The maximum absolute atomic E-state index is 12.3. The van der Waals surface area contributed by atoms with Crippen LogP contribution in [0.1, 0.15) is 12.8 Å². The predicted octanol–water partition coefficient (Wildman–Crippen LogP) is 1.57. The van der Waals surface area contributed by atoms with Crippen LogP contribution < -0.4 is 14.8 Å². The molecule has 1 saturated heterocycles. The molecule has 0 bridgehead atoms. The van der Waals surface area contributed by atoms with Crippen molar-refractivity contribution < 1.29 is 21.9 Å². The third-order valence-electron chi connectivity index (χ3n) is 3.32. The van der Waals surface area contributed by atoms with E-state index in [2.05, 4.69) is 14.8 Å². The van der Waals surface area contributed by atoms with Crippen LogP contribution in [0.2, 0.25) is 0 Å². The van der Waals surface area contributed by atoms with Crippen molar-refractivity contribution in [3.63, 3.8) is 0 Å². The van der Waals surface area contributed by atoms with Gasteiger partial charge in [0.25, 0.3) is 0 Å². The number of ether oxygens (including phenoxy) is 1. The zero-order valence-electron chi connectivity index (χ0n) is 11.4. The average molecular weight is 320 g/mol. The van der Waals surface area contributed by atoms with E-state index in [1.54, 1.807) is 0 Å². The molecule has 0 radical (unpaired) electrons. The molecule has 1 heterocycles. The van der Waals surface area contributed by atoms with Gasteiger partial charge in [0.2, 0.25) is 10.0 Å². The van der Waals surface area contributed by atoms with Gasteiger partial charge in [-0.1, -0.05) is 12.1 Å². The van der Waals surface area contributed by atoms with Crippen molar-refractivity contribution in [2.24, 2.45) is 5.92 Å². The summed E-state index contributed by atoms with van der Waals surface area (Å²) in [5, 5.41) is 3.19. The predicted molar refractivity (Wildman–Crippen MR) is 73.9 cm³/mol. The summed E-state index contributed by atoms with van der Waals surface area (Å²) in [5.74, 6) is -0.140.